The molecule has 0 amide bonds. The minimum absolute atomic E-state index is 0. The summed E-state index contributed by atoms with van der Waals surface area (Å²) in [6.45, 7) is 13.1. The van der Waals surface area contributed by atoms with E-state index in [0.717, 1.165) is 23.0 Å². The molecule has 2 nitrogen and oxygen atoms in total. The molecule has 0 fully saturated rings. The molecule has 0 radical (unpaired) electrons. The Morgan fingerprint density at radius 1 is 0.490 bits per heavy atom. The van der Waals surface area contributed by atoms with Crippen molar-refractivity contribution in [3.8, 4) is 22.3 Å². The van der Waals surface area contributed by atoms with E-state index in [2.05, 4.69) is 149 Å². The van der Waals surface area contributed by atoms with Crippen molar-refractivity contribution in [1.82, 2.24) is 0 Å². The predicted octanol–water partition coefficient (Wildman–Crippen LogP) is 7.05. The quantitative estimate of drug-likeness (QED) is 0.165. The van der Waals surface area contributed by atoms with Gasteiger partial charge in [0.2, 0.25) is 0 Å². The molecule has 2 unspecified atom stereocenters. The fourth-order valence-electron chi connectivity index (χ4n) is 7.54. The Kier molecular flexibility index (Phi) is 11.0. The number of furan rings is 2. The van der Waals surface area contributed by atoms with Crippen LogP contribution in [0.15, 0.2) is 118 Å². The van der Waals surface area contributed by atoms with Crippen molar-refractivity contribution in [3.05, 3.63) is 166 Å². The number of halogens is 2. The van der Waals surface area contributed by atoms with Gasteiger partial charge in [-0.25, -0.2) is 0 Å². The molecule has 2 aromatic heterocycles. The van der Waals surface area contributed by atoms with Crippen molar-refractivity contribution in [1.29, 1.82) is 0 Å². The second kappa shape index (κ2) is 15.2. The monoisotopic (exact) mass is 786 g/mol. The Balaban J connectivity index is 0.00000224. The SMILES string of the molecule is Cc1ccc(C2=Cc3c(-c4ccc(C(C)C)cc4)cccc3[CH]2[Zr+2][CH]2C(c3ccc(C)o3)=Cc3c(-c4ccc(C(C)C)cc4)cccc32)o1.[Cl-].[Cl-]. The van der Waals surface area contributed by atoms with Gasteiger partial charge >= 0.3 is 304 Å². The molecular formula is C46H42Cl2O2Zr. The zero-order valence-corrected chi connectivity index (χ0v) is 33.9. The largest absolute Gasteiger partial charge is 1.00 e. The minimum atomic E-state index is -1.30. The Morgan fingerprint density at radius 2 is 0.882 bits per heavy atom. The van der Waals surface area contributed by atoms with Crippen LogP contribution in [0.25, 0.3) is 45.6 Å². The molecule has 2 aliphatic carbocycles. The fraction of sp³-hybridized carbons (Fsp3) is 0.217. The van der Waals surface area contributed by atoms with Gasteiger partial charge in [-0.3, -0.25) is 0 Å². The van der Waals surface area contributed by atoms with E-state index in [-0.39, 0.29) is 24.8 Å². The minimum Gasteiger partial charge on any atom is -1.00 e. The average molecular weight is 789 g/mol. The van der Waals surface area contributed by atoms with Gasteiger partial charge in [0, 0.05) is 0 Å². The third-order valence-electron chi connectivity index (χ3n) is 10.3. The summed E-state index contributed by atoms with van der Waals surface area (Å²) in [5, 5.41) is 0. The van der Waals surface area contributed by atoms with Crippen molar-refractivity contribution in [3.63, 3.8) is 0 Å². The second-order valence-electron chi connectivity index (χ2n) is 14.2. The predicted molar refractivity (Wildman–Crippen MR) is 200 cm³/mol. The molecule has 0 spiro atoms. The molecule has 2 heterocycles. The normalized spacial score (nSPS) is 15.8. The van der Waals surface area contributed by atoms with E-state index in [1.165, 1.54) is 66.8 Å². The van der Waals surface area contributed by atoms with Crippen LogP contribution in [-0.2, 0) is 23.2 Å². The van der Waals surface area contributed by atoms with Gasteiger partial charge in [0.15, 0.2) is 0 Å². The number of benzene rings is 4. The molecule has 6 aromatic rings. The number of hydrogen-bond donors (Lipinski definition) is 0. The summed E-state index contributed by atoms with van der Waals surface area (Å²) in [5.74, 6) is 4.92. The Hall–Kier alpha value is -3.62. The van der Waals surface area contributed by atoms with Crippen molar-refractivity contribution < 1.29 is 56.9 Å². The summed E-state index contributed by atoms with van der Waals surface area (Å²) >= 11 is -1.30. The molecule has 2 atom stereocenters. The molecule has 0 N–H and O–H groups in total. The summed E-state index contributed by atoms with van der Waals surface area (Å²) in [6.07, 6.45) is 4.88. The van der Waals surface area contributed by atoms with Crippen LogP contribution >= 0.6 is 0 Å². The topological polar surface area (TPSA) is 26.3 Å². The Morgan fingerprint density at radius 3 is 1.22 bits per heavy atom. The van der Waals surface area contributed by atoms with Crippen molar-refractivity contribution in [2.24, 2.45) is 0 Å². The van der Waals surface area contributed by atoms with Crippen LogP contribution in [-0.4, -0.2) is 0 Å². The molecule has 0 saturated heterocycles. The first-order valence-electron chi connectivity index (χ1n) is 17.5. The molecule has 51 heavy (non-hydrogen) atoms. The van der Waals surface area contributed by atoms with Crippen LogP contribution in [0.2, 0.25) is 0 Å². The molecular weight excluding hydrogens is 747 g/mol. The van der Waals surface area contributed by atoms with Gasteiger partial charge in [0.25, 0.3) is 0 Å². The van der Waals surface area contributed by atoms with Crippen LogP contribution in [0, 0.1) is 13.8 Å². The molecule has 2 aliphatic rings. The maximum absolute atomic E-state index is 6.39. The molecule has 256 valence electrons. The smallest absolute Gasteiger partial charge is 1.00 e. The van der Waals surface area contributed by atoms with Gasteiger partial charge in [-0.05, 0) is 0 Å². The summed E-state index contributed by atoms with van der Waals surface area (Å²) in [5.41, 5.74) is 16.1. The van der Waals surface area contributed by atoms with E-state index < -0.39 is 23.2 Å². The van der Waals surface area contributed by atoms with E-state index in [4.69, 9.17) is 8.83 Å². The zero-order valence-electron chi connectivity index (χ0n) is 29.9. The Labute approximate surface area is 326 Å². The third kappa shape index (κ3) is 6.98. The molecule has 0 aliphatic heterocycles. The third-order valence-corrected chi connectivity index (χ3v) is 15.0. The van der Waals surface area contributed by atoms with Crippen LogP contribution in [0.5, 0.6) is 0 Å². The first-order chi connectivity index (χ1) is 23.7. The van der Waals surface area contributed by atoms with Crippen molar-refractivity contribution in [2.45, 2.75) is 60.6 Å². The zero-order chi connectivity index (χ0) is 33.8. The maximum atomic E-state index is 6.39. The summed E-state index contributed by atoms with van der Waals surface area (Å²) in [7, 11) is 0. The van der Waals surface area contributed by atoms with Gasteiger partial charge in [0.05, 0.1) is 0 Å². The average Bonchev–Trinajstić information content (AvgIpc) is 3.90. The maximum Gasteiger partial charge on any atom is -1.00 e. The van der Waals surface area contributed by atoms with Gasteiger partial charge in [-0.1, -0.05) is 0 Å². The van der Waals surface area contributed by atoms with Crippen LogP contribution < -0.4 is 24.8 Å². The molecule has 5 heteroatoms. The standard InChI is InChI=1S/2C23H21O.2ClH.Zr/c2*1-15(2)17-8-10-18(11-9-17)21-6-4-5-19-13-20(14-22(19)21)23-12-7-16(3)24-23;;;/h2*4-15H,1-3H3;2*1H;/q;;;;+2/p-2. The Bertz CT molecular complexity index is 2070. The summed E-state index contributed by atoms with van der Waals surface area (Å²) in [4.78, 5) is 0. The van der Waals surface area contributed by atoms with E-state index in [9.17, 15) is 0 Å². The van der Waals surface area contributed by atoms with Gasteiger partial charge < -0.3 is 24.8 Å². The first-order valence-corrected chi connectivity index (χ1v) is 20.4. The molecule has 0 bridgehead atoms. The van der Waals surface area contributed by atoms with E-state index in [1.54, 1.807) is 0 Å². The fourth-order valence-corrected chi connectivity index (χ4v) is 12.5. The van der Waals surface area contributed by atoms with Crippen LogP contribution in [0.1, 0.15) is 103 Å². The molecule has 0 saturated carbocycles. The van der Waals surface area contributed by atoms with Gasteiger partial charge in [-0.2, -0.15) is 0 Å². The second-order valence-corrected chi connectivity index (χ2v) is 17.9. The molecule has 4 aromatic carbocycles. The van der Waals surface area contributed by atoms with E-state index in [0.29, 0.717) is 19.1 Å². The van der Waals surface area contributed by atoms with E-state index in [1.807, 2.05) is 13.8 Å². The van der Waals surface area contributed by atoms with Crippen LogP contribution in [0.3, 0.4) is 0 Å². The summed E-state index contributed by atoms with van der Waals surface area (Å²) < 4.78 is 13.4. The van der Waals surface area contributed by atoms with Gasteiger partial charge in [0.1, 0.15) is 0 Å². The number of aryl methyl sites for hydroxylation is 2. The summed E-state index contributed by atoms with van der Waals surface area (Å²) in [6, 6.07) is 40.7. The number of rotatable bonds is 8. The molecule has 8 rings (SSSR count). The van der Waals surface area contributed by atoms with Crippen molar-refractivity contribution >= 4 is 23.3 Å². The van der Waals surface area contributed by atoms with Crippen LogP contribution in [0.4, 0.5) is 0 Å². The van der Waals surface area contributed by atoms with E-state index >= 15 is 0 Å². The number of hydrogen-bond acceptors (Lipinski definition) is 2. The first kappa shape index (κ1) is 37.2. The van der Waals surface area contributed by atoms with Crippen molar-refractivity contribution in [2.75, 3.05) is 0 Å². The number of fused-ring (bicyclic) bond motifs is 2. The van der Waals surface area contributed by atoms with Gasteiger partial charge in [-0.15, -0.1) is 0 Å². The number of allylic oxidation sites excluding steroid dienone is 2.